The third-order valence-corrected chi connectivity index (χ3v) is 4.51. The molecule has 0 unspecified atom stereocenters. The number of carbonyl (C=O) groups is 1. The number of nitrogens with zero attached hydrogens (tertiary/aromatic N) is 2. The predicted molar refractivity (Wildman–Crippen MR) is 78.4 cm³/mol. The smallest absolute Gasteiger partial charge is 0.195 e. The summed E-state index contributed by atoms with van der Waals surface area (Å²) in [6, 6.07) is 7.36. The van der Waals surface area contributed by atoms with Gasteiger partial charge in [0.05, 0.1) is 0 Å². The molecule has 96 valence electrons. The highest BCUT2D eigenvalue weighted by Crippen LogP contribution is 2.30. The molecule has 0 bridgehead atoms. The van der Waals surface area contributed by atoms with E-state index in [9.17, 15) is 4.79 Å². The zero-order valence-electron chi connectivity index (χ0n) is 10.5. The first-order valence-electron chi connectivity index (χ1n) is 5.81. The van der Waals surface area contributed by atoms with Crippen molar-refractivity contribution < 1.29 is 4.79 Å². The van der Waals surface area contributed by atoms with Crippen molar-refractivity contribution in [3.05, 3.63) is 45.6 Å². The summed E-state index contributed by atoms with van der Waals surface area (Å²) in [5.41, 5.74) is 3.27. The summed E-state index contributed by atoms with van der Waals surface area (Å²) in [6.45, 7) is 4.03. The number of aromatic nitrogens is 2. The summed E-state index contributed by atoms with van der Waals surface area (Å²) in [5.74, 6) is 0. The summed E-state index contributed by atoms with van der Waals surface area (Å²) in [7, 11) is 0. The number of aryl methyl sites for hydroxylation is 2. The van der Waals surface area contributed by atoms with Gasteiger partial charge < -0.3 is 0 Å². The molecule has 0 aliphatic carbocycles. The van der Waals surface area contributed by atoms with E-state index in [-0.39, 0.29) is 0 Å². The molecule has 2 heterocycles. The summed E-state index contributed by atoms with van der Waals surface area (Å²) in [6.07, 6.45) is 0.864. The summed E-state index contributed by atoms with van der Waals surface area (Å²) < 4.78 is 1.91. The van der Waals surface area contributed by atoms with E-state index in [1.165, 1.54) is 4.88 Å². The van der Waals surface area contributed by atoms with Gasteiger partial charge in [0.15, 0.2) is 11.2 Å². The van der Waals surface area contributed by atoms with Crippen molar-refractivity contribution in [1.82, 2.24) is 9.38 Å². The lowest BCUT2D eigenvalue weighted by Crippen LogP contribution is -1.94. The van der Waals surface area contributed by atoms with E-state index in [4.69, 9.17) is 11.6 Å². The number of hydrogen-bond donors (Lipinski definition) is 0. The lowest BCUT2D eigenvalue weighted by atomic mass is 10.1. The van der Waals surface area contributed by atoms with Crippen LogP contribution in [0.25, 0.3) is 16.2 Å². The molecule has 0 spiro atoms. The molecule has 0 aliphatic heterocycles. The largest absolute Gasteiger partial charge is 0.296 e. The van der Waals surface area contributed by atoms with Crippen LogP contribution in [0.3, 0.4) is 0 Å². The fourth-order valence-electron chi connectivity index (χ4n) is 2.10. The highest BCUT2D eigenvalue weighted by molar-refractivity contribution is 7.17. The number of thiazole rings is 1. The zero-order valence-corrected chi connectivity index (χ0v) is 12.0. The van der Waals surface area contributed by atoms with E-state index in [0.29, 0.717) is 16.4 Å². The molecule has 0 saturated carbocycles. The predicted octanol–water partition coefficient (Wildman–Crippen LogP) is 4.15. The van der Waals surface area contributed by atoms with Crippen LogP contribution in [0.1, 0.15) is 21.1 Å². The van der Waals surface area contributed by atoms with Gasteiger partial charge in [-0.25, -0.2) is 4.98 Å². The van der Waals surface area contributed by atoms with Gasteiger partial charge in [-0.05, 0) is 26.0 Å². The van der Waals surface area contributed by atoms with Crippen molar-refractivity contribution in [2.24, 2.45) is 0 Å². The lowest BCUT2D eigenvalue weighted by Gasteiger charge is -2.00. The average molecular weight is 291 g/mol. The Hall–Kier alpha value is -1.65. The SMILES string of the molecule is Cc1sc2nc(-c3ccc(Cl)cc3)c(C=O)n2c1C. The van der Waals surface area contributed by atoms with Crippen molar-refractivity contribution >= 4 is 34.2 Å². The second kappa shape index (κ2) is 4.47. The second-order valence-electron chi connectivity index (χ2n) is 4.33. The first kappa shape index (κ1) is 12.4. The molecule has 3 rings (SSSR count). The minimum Gasteiger partial charge on any atom is -0.296 e. The molecule has 0 fully saturated rings. The molecule has 19 heavy (non-hydrogen) atoms. The maximum atomic E-state index is 11.4. The monoisotopic (exact) mass is 290 g/mol. The van der Waals surface area contributed by atoms with Crippen LogP contribution in [0.2, 0.25) is 5.02 Å². The molecule has 3 nitrogen and oxygen atoms in total. The Balaban J connectivity index is 2.30. The Bertz CT molecular complexity index is 771. The molecule has 0 N–H and O–H groups in total. The highest BCUT2D eigenvalue weighted by atomic mass is 35.5. The molecule has 1 aromatic carbocycles. The number of hydrogen-bond acceptors (Lipinski definition) is 3. The van der Waals surface area contributed by atoms with E-state index < -0.39 is 0 Å². The molecule has 5 heteroatoms. The zero-order chi connectivity index (χ0) is 13.6. The topological polar surface area (TPSA) is 34.4 Å². The van der Waals surface area contributed by atoms with Gasteiger partial charge in [0.1, 0.15) is 11.4 Å². The Morgan fingerprint density at radius 2 is 1.95 bits per heavy atom. The number of benzene rings is 1. The molecular formula is C14H11ClN2OS. The number of aldehydes is 1. The summed E-state index contributed by atoms with van der Waals surface area (Å²) in [5, 5.41) is 0.671. The Kier molecular flexibility index (Phi) is 2.92. The molecule has 0 radical (unpaired) electrons. The molecule has 0 aliphatic rings. The fraction of sp³-hybridized carbons (Fsp3) is 0.143. The molecule has 3 aromatic rings. The number of fused-ring (bicyclic) bond motifs is 1. The van der Waals surface area contributed by atoms with E-state index in [1.54, 1.807) is 23.5 Å². The normalized spacial score (nSPS) is 11.1. The third-order valence-electron chi connectivity index (χ3n) is 3.20. The first-order valence-corrected chi connectivity index (χ1v) is 7.01. The van der Waals surface area contributed by atoms with Crippen molar-refractivity contribution in [1.29, 1.82) is 0 Å². The van der Waals surface area contributed by atoms with E-state index in [2.05, 4.69) is 4.98 Å². The molecule has 2 aromatic heterocycles. The van der Waals surface area contributed by atoms with Crippen LogP contribution in [0, 0.1) is 13.8 Å². The van der Waals surface area contributed by atoms with E-state index >= 15 is 0 Å². The van der Waals surface area contributed by atoms with Crippen LogP contribution < -0.4 is 0 Å². The van der Waals surface area contributed by atoms with Gasteiger partial charge in [0.2, 0.25) is 0 Å². The molecule has 0 atom stereocenters. The maximum absolute atomic E-state index is 11.4. The van der Waals surface area contributed by atoms with Crippen LogP contribution in [-0.2, 0) is 0 Å². The van der Waals surface area contributed by atoms with Crippen molar-refractivity contribution in [3.8, 4) is 11.3 Å². The van der Waals surface area contributed by atoms with Crippen LogP contribution in [-0.4, -0.2) is 15.7 Å². The van der Waals surface area contributed by atoms with E-state index in [0.717, 1.165) is 22.5 Å². The quantitative estimate of drug-likeness (QED) is 0.665. The Morgan fingerprint density at radius 1 is 1.26 bits per heavy atom. The summed E-state index contributed by atoms with van der Waals surface area (Å²) in [4.78, 5) is 18.0. The van der Waals surface area contributed by atoms with Crippen LogP contribution >= 0.6 is 22.9 Å². The Morgan fingerprint density at radius 3 is 2.58 bits per heavy atom. The molecule has 0 amide bonds. The van der Waals surface area contributed by atoms with Crippen LogP contribution in [0.15, 0.2) is 24.3 Å². The fourth-order valence-corrected chi connectivity index (χ4v) is 3.20. The number of carbonyl (C=O) groups excluding carboxylic acids is 1. The minimum atomic E-state index is 0.596. The van der Waals surface area contributed by atoms with Crippen LogP contribution in [0.5, 0.6) is 0 Å². The average Bonchev–Trinajstić information content (AvgIpc) is 2.88. The van der Waals surface area contributed by atoms with Gasteiger partial charge in [-0.3, -0.25) is 9.20 Å². The first-order chi connectivity index (χ1) is 9.11. The minimum absolute atomic E-state index is 0.596. The van der Waals surface area contributed by atoms with Crippen molar-refractivity contribution in [2.75, 3.05) is 0 Å². The summed E-state index contributed by atoms with van der Waals surface area (Å²) >= 11 is 7.48. The van der Waals surface area contributed by atoms with Gasteiger partial charge in [-0.1, -0.05) is 23.7 Å². The second-order valence-corrected chi connectivity index (χ2v) is 5.95. The number of imidazole rings is 1. The number of halogens is 1. The maximum Gasteiger partial charge on any atom is 0.195 e. The van der Waals surface area contributed by atoms with E-state index in [1.807, 2.05) is 30.4 Å². The van der Waals surface area contributed by atoms with Crippen molar-refractivity contribution in [3.63, 3.8) is 0 Å². The molecule has 0 saturated heterocycles. The van der Waals surface area contributed by atoms with Gasteiger partial charge in [-0.2, -0.15) is 0 Å². The Labute approximate surface area is 119 Å². The van der Waals surface area contributed by atoms with Crippen molar-refractivity contribution in [2.45, 2.75) is 13.8 Å². The van der Waals surface area contributed by atoms with Gasteiger partial charge in [-0.15, -0.1) is 11.3 Å². The highest BCUT2D eigenvalue weighted by Gasteiger charge is 2.17. The lowest BCUT2D eigenvalue weighted by molar-refractivity contribution is 0.111. The van der Waals surface area contributed by atoms with Gasteiger partial charge in [0.25, 0.3) is 0 Å². The third kappa shape index (κ3) is 1.88. The van der Waals surface area contributed by atoms with Gasteiger partial charge in [0, 0.05) is 21.2 Å². The van der Waals surface area contributed by atoms with Crippen LogP contribution in [0.4, 0.5) is 0 Å². The standard InChI is InChI=1S/C14H11ClN2OS/c1-8-9(2)19-14-16-13(12(7-18)17(8)14)10-3-5-11(15)6-4-10/h3-7H,1-2H3. The number of rotatable bonds is 2. The van der Waals surface area contributed by atoms with Gasteiger partial charge >= 0.3 is 0 Å². The molecular weight excluding hydrogens is 280 g/mol.